The average Bonchev–Trinajstić information content (AvgIpc) is 2.99. The molecule has 144 valence electrons. The number of aryl methyl sites for hydroxylation is 2. The number of para-hydroxylation sites is 1. The van der Waals surface area contributed by atoms with E-state index < -0.39 is 0 Å². The van der Waals surface area contributed by atoms with Crippen molar-refractivity contribution < 1.29 is 18.8 Å². The normalized spacial score (nSPS) is 10.4. The summed E-state index contributed by atoms with van der Waals surface area (Å²) >= 11 is 0. The SMILES string of the molecule is CC(=O)Nc1ccc(NC(=O)c2ccccc2OCc2c(C)noc2C)cc1. The number of hydrogen-bond acceptors (Lipinski definition) is 5. The molecule has 0 saturated carbocycles. The Hall–Kier alpha value is -3.61. The number of amides is 2. The topological polar surface area (TPSA) is 93.5 Å². The Morgan fingerprint density at radius 3 is 2.25 bits per heavy atom. The van der Waals surface area contributed by atoms with Gasteiger partial charge < -0.3 is 19.9 Å². The van der Waals surface area contributed by atoms with Gasteiger partial charge in [0, 0.05) is 18.3 Å². The van der Waals surface area contributed by atoms with E-state index in [2.05, 4.69) is 15.8 Å². The maximum Gasteiger partial charge on any atom is 0.259 e. The Kier molecular flexibility index (Phi) is 5.74. The number of carbonyl (C=O) groups is 2. The van der Waals surface area contributed by atoms with Crippen LogP contribution in [0.2, 0.25) is 0 Å². The van der Waals surface area contributed by atoms with Crippen LogP contribution in [0.15, 0.2) is 53.1 Å². The van der Waals surface area contributed by atoms with Gasteiger partial charge in [0.15, 0.2) is 0 Å². The maximum atomic E-state index is 12.7. The molecule has 0 fully saturated rings. The summed E-state index contributed by atoms with van der Waals surface area (Å²) in [5, 5.41) is 9.42. The Morgan fingerprint density at radius 2 is 1.64 bits per heavy atom. The molecule has 7 nitrogen and oxygen atoms in total. The zero-order valence-electron chi connectivity index (χ0n) is 15.9. The molecule has 2 aromatic carbocycles. The van der Waals surface area contributed by atoms with Crippen LogP contribution in [-0.2, 0) is 11.4 Å². The highest BCUT2D eigenvalue weighted by Crippen LogP contribution is 2.23. The molecule has 1 aromatic heterocycles. The highest BCUT2D eigenvalue weighted by Gasteiger charge is 2.15. The van der Waals surface area contributed by atoms with Crippen molar-refractivity contribution in [1.82, 2.24) is 5.16 Å². The van der Waals surface area contributed by atoms with E-state index in [1.54, 1.807) is 42.5 Å². The first-order valence-electron chi connectivity index (χ1n) is 8.76. The van der Waals surface area contributed by atoms with Crippen LogP contribution in [0, 0.1) is 13.8 Å². The smallest absolute Gasteiger partial charge is 0.259 e. The molecule has 3 rings (SSSR count). The molecule has 28 heavy (non-hydrogen) atoms. The largest absolute Gasteiger partial charge is 0.488 e. The van der Waals surface area contributed by atoms with Crippen molar-refractivity contribution in [2.24, 2.45) is 0 Å². The van der Waals surface area contributed by atoms with Crippen molar-refractivity contribution >= 4 is 23.2 Å². The predicted molar refractivity (Wildman–Crippen MR) is 105 cm³/mol. The first kappa shape index (κ1) is 19.2. The molecule has 0 aliphatic rings. The summed E-state index contributed by atoms with van der Waals surface area (Å²) in [5.74, 6) is 0.719. The summed E-state index contributed by atoms with van der Waals surface area (Å²) in [7, 11) is 0. The minimum Gasteiger partial charge on any atom is -0.488 e. The van der Waals surface area contributed by atoms with E-state index in [1.807, 2.05) is 19.9 Å². The summed E-state index contributed by atoms with van der Waals surface area (Å²) in [6, 6.07) is 13.9. The molecule has 2 amide bonds. The van der Waals surface area contributed by atoms with Gasteiger partial charge in [-0.05, 0) is 50.2 Å². The van der Waals surface area contributed by atoms with Crippen molar-refractivity contribution in [3.05, 3.63) is 71.1 Å². The van der Waals surface area contributed by atoms with Gasteiger partial charge in [0.2, 0.25) is 5.91 Å². The van der Waals surface area contributed by atoms with Gasteiger partial charge in [0.25, 0.3) is 5.91 Å². The predicted octanol–water partition coefficient (Wildman–Crippen LogP) is 4.08. The molecule has 0 bridgehead atoms. The van der Waals surface area contributed by atoms with Gasteiger partial charge in [-0.25, -0.2) is 0 Å². The van der Waals surface area contributed by atoms with Crippen LogP contribution in [-0.4, -0.2) is 17.0 Å². The Morgan fingerprint density at radius 1 is 1.00 bits per heavy atom. The van der Waals surface area contributed by atoms with Crippen molar-refractivity contribution in [3.63, 3.8) is 0 Å². The van der Waals surface area contributed by atoms with Crippen molar-refractivity contribution in [1.29, 1.82) is 0 Å². The molecule has 1 heterocycles. The van der Waals surface area contributed by atoms with Crippen LogP contribution in [0.5, 0.6) is 5.75 Å². The number of carbonyl (C=O) groups excluding carboxylic acids is 2. The first-order chi connectivity index (χ1) is 13.4. The third-order valence-electron chi connectivity index (χ3n) is 4.15. The summed E-state index contributed by atoms with van der Waals surface area (Å²) in [5.41, 5.74) is 3.32. The average molecular weight is 379 g/mol. The zero-order chi connectivity index (χ0) is 20.1. The molecule has 3 aromatic rings. The lowest BCUT2D eigenvalue weighted by Gasteiger charge is -2.12. The fraction of sp³-hybridized carbons (Fsp3) is 0.190. The lowest BCUT2D eigenvalue weighted by Crippen LogP contribution is -2.14. The lowest BCUT2D eigenvalue weighted by molar-refractivity contribution is -0.114. The number of rotatable bonds is 6. The summed E-state index contributed by atoms with van der Waals surface area (Å²) < 4.78 is 11.0. The Labute approximate surface area is 162 Å². The molecular formula is C21H21N3O4. The van der Waals surface area contributed by atoms with Crippen LogP contribution in [0.3, 0.4) is 0 Å². The molecule has 2 N–H and O–H groups in total. The van der Waals surface area contributed by atoms with Gasteiger partial charge in [-0.1, -0.05) is 17.3 Å². The molecule has 0 aliphatic heterocycles. The van der Waals surface area contributed by atoms with Crippen molar-refractivity contribution in [2.45, 2.75) is 27.4 Å². The molecular weight excluding hydrogens is 358 g/mol. The Bertz CT molecular complexity index is 974. The highest BCUT2D eigenvalue weighted by atomic mass is 16.5. The van der Waals surface area contributed by atoms with Crippen molar-refractivity contribution in [2.75, 3.05) is 10.6 Å². The Balaban J connectivity index is 1.71. The quantitative estimate of drug-likeness (QED) is 0.673. The number of nitrogens with one attached hydrogen (secondary N) is 2. The third-order valence-corrected chi connectivity index (χ3v) is 4.15. The van der Waals surface area contributed by atoms with E-state index >= 15 is 0 Å². The van der Waals surface area contributed by atoms with Crippen LogP contribution in [0.4, 0.5) is 11.4 Å². The monoisotopic (exact) mass is 379 g/mol. The van der Waals surface area contributed by atoms with Crippen LogP contribution in [0.25, 0.3) is 0 Å². The first-order valence-corrected chi connectivity index (χ1v) is 8.76. The number of benzene rings is 2. The third kappa shape index (κ3) is 4.56. The van der Waals surface area contributed by atoms with E-state index in [0.717, 1.165) is 11.3 Å². The molecule has 0 radical (unpaired) electrons. The zero-order valence-corrected chi connectivity index (χ0v) is 15.9. The standard InChI is InChI=1S/C21H21N3O4/c1-13-19(14(2)28-24-13)12-27-20-7-5-4-6-18(20)21(26)23-17-10-8-16(9-11-17)22-15(3)25/h4-11H,12H2,1-3H3,(H,22,25)(H,23,26). The van der Waals surface area contributed by atoms with E-state index in [0.29, 0.717) is 28.4 Å². The second kappa shape index (κ2) is 8.39. The molecule has 7 heteroatoms. The lowest BCUT2D eigenvalue weighted by atomic mass is 10.1. The highest BCUT2D eigenvalue weighted by molar-refractivity contribution is 6.06. The number of ether oxygens (including phenoxy) is 1. The van der Waals surface area contributed by atoms with E-state index in [1.165, 1.54) is 6.92 Å². The van der Waals surface area contributed by atoms with Crippen LogP contribution >= 0.6 is 0 Å². The minimum absolute atomic E-state index is 0.152. The summed E-state index contributed by atoms with van der Waals surface area (Å²) in [4.78, 5) is 23.8. The number of nitrogens with zero attached hydrogens (tertiary/aromatic N) is 1. The van der Waals surface area contributed by atoms with Gasteiger partial charge in [-0.2, -0.15) is 0 Å². The molecule has 0 spiro atoms. The molecule has 0 atom stereocenters. The number of aromatic nitrogens is 1. The molecule has 0 aliphatic carbocycles. The van der Waals surface area contributed by atoms with Gasteiger partial charge in [0.05, 0.1) is 16.8 Å². The minimum atomic E-state index is -0.290. The van der Waals surface area contributed by atoms with Gasteiger partial charge in [-0.15, -0.1) is 0 Å². The molecule has 0 unspecified atom stereocenters. The van der Waals surface area contributed by atoms with Crippen LogP contribution in [0.1, 0.15) is 34.3 Å². The van der Waals surface area contributed by atoms with Gasteiger partial charge in [-0.3, -0.25) is 9.59 Å². The van der Waals surface area contributed by atoms with Crippen LogP contribution < -0.4 is 15.4 Å². The summed E-state index contributed by atoms with van der Waals surface area (Å²) in [6.07, 6.45) is 0. The fourth-order valence-electron chi connectivity index (χ4n) is 2.68. The van der Waals surface area contributed by atoms with E-state index in [-0.39, 0.29) is 18.4 Å². The second-order valence-corrected chi connectivity index (χ2v) is 6.30. The fourth-order valence-corrected chi connectivity index (χ4v) is 2.68. The van der Waals surface area contributed by atoms with Crippen molar-refractivity contribution in [3.8, 4) is 5.75 Å². The van der Waals surface area contributed by atoms with E-state index in [9.17, 15) is 9.59 Å². The van der Waals surface area contributed by atoms with E-state index in [4.69, 9.17) is 9.26 Å². The maximum absolute atomic E-state index is 12.7. The number of anilines is 2. The number of hydrogen-bond donors (Lipinski definition) is 2. The van der Waals surface area contributed by atoms with Gasteiger partial charge >= 0.3 is 0 Å². The van der Waals surface area contributed by atoms with Gasteiger partial charge in [0.1, 0.15) is 18.1 Å². The molecule has 0 saturated heterocycles. The second-order valence-electron chi connectivity index (χ2n) is 6.30. The summed E-state index contributed by atoms with van der Waals surface area (Å²) in [6.45, 7) is 5.37.